The molecule has 1 aromatic rings. The minimum absolute atomic E-state index is 0.0111. The summed E-state index contributed by atoms with van der Waals surface area (Å²) < 4.78 is 28.7. The highest BCUT2D eigenvalue weighted by molar-refractivity contribution is 7.89. The first-order chi connectivity index (χ1) is 11.8. The van der Waals surface area contributed by atoms with Crippen molar-refractivity contribution in [1.29, 1.82) is 0 Å². The molecule has 1 aliphatic rings. The molecular formula is C18H28N2O4S. The van der Waals surface area contributed by atoms with E-state index < -0.39 is 16.0 Å². The highest BCUT2D eigenvalue weighted by Crippen LogP contribution is 2.26. The number of sulfonamides is 1. The molecule has 1 fully saturated rings. The van der Waals surface area contributed by atoms with Crippen LogP contribution in [0.4, 0.5) is 5.69 Å². The van der Waals surface area contributed by atoms with Crippen LogP contribution in [0.15, 0.2) is 23.1 Å². The Labute approximate surface area is 150 Å². The van der Waals surface area contributed by atoms with E-state index in [9.17, 15) is 18.3 Å². The Morgan fingerprint density at radius 3 is 2.44 bits per heavy atom. The van der Waals surface area contributed by atoms with Crippen LogP contribution in [-0.4, -0.2) is 31.6 Å². The second-order valence-electron chi connectivity index (χ2n) is 6.78. The highest BCUT2D eigenvalue weighted by Gasteiger charge is 2.25. The first-order valence-corrected chi connectivity index (χ1v) is 10.5. The number of carboxylic acids is 1. The van der Waals surface area contributed by atoms with Crippen molar-refractivity contribution in [2.75, 3.05) is 5.32 Å². The SMILES string of the molecule is CC[C@H](C)Nc1ccc(C(=O)O)cc1S(=O)(=O)NC1CCCCCC1. The Hall–Kier alpha value is -1.60. The van der Waals surface area contributed by atoms with Gasteiger partial charge in [0.05, 0.1) is 11.3 Å². The Balaban J connectivity index is 2.34. The molecule has 25 heavy (non-hydrogen) atoms. The summed E-state index contributed by atoms with van der Waals surface area (Å²) in [6, 6.07) is 4.21. The van der Waals surface area contributed by atoms with Crippen molar-refractivity contribution in [3.8, 4) is 0 Å². The molecule has 0 bridgehead atoms. The van der Waals surface area contributed by atoms with Gasteiger partial charge < -0.3 is 10.4 Å². The monoisotopic (exact) mass is 368 g/mol. The fraction of sp³-hybridized carbons (Fsp3) is 0.611. The topological polar surface area (TPSA) is 95.5 Å². The molecule has 0 unspecified atom stereocenters. The third kappa shape index (κ3) is 5.44. The second-order valence-corrected chi connectivity index (χ2v) is 8.46. The van der Waals surface area contributed by atoms with Crippen molar-refractivity contribution in [1.82, 2.24) is 4.72 Å². The molecule has 1 atom stereocenters. The van der Waals surface area contributed by atoms with Crippen LogP contribution >= 0.6 is 0 Å². The Morgan fingerprint density at radius 2 is 1.88 bits per heavy atom. The van der Waals surface area contributed by atoms with Gasteiger partial charge in [-0.15, -0.1) is 0 Å². The average molecular weight is 368 g/mol. The maximum Gasteiger partial charge on any atom is 0.335 e. The quantitative estimate of drug-likeness (QED) is 0.639. The molecule has 0 amide bonds. The molecule has 0 saturated heterocycles. The third-order valence-corrected chi connectivity index (χ3v) is 6.27. The molecule has 0 aromatic heterocycles. The Bertz CT molecular complexity index is 695. The highest BCUT2D eigenvalue weighted by atomic mass is 32.2. The van der Waals surface area contributed by atoms with Gasteiger partial charge in [0, 0.05) is 12.1 Å². The van der Waals surface area contributed by atoms with Crippen molar-refractivity contribution in [3.05, 3.63) is 23.8 Å². The summed E-state index contributed by atoms with van der Waals surface area (Å²) in [5.41, 5.74) is 0.413. The van der Waals surface area contributed by atoms with Gasteiger partial charge in [-0.25, -0.2) is 17.9 Å². The van der Waals surface area contributed by atoms with E-state index in [1.165, 1.54) is 18.2 Å². The van der Waals surface area contributed by atoms with Gasteiger partial charge in [-0.2, -0.15) is 0 Å². The summed E-state index contributed by atoms with van der Waals surface area (Å²) in [4.78, 5) is 11.3. The maximum absolute atomic E-state index is 12.9. The van der Waals surface area contributed by atoms with Crippen LogP contribution in [0.25, 0.3) is 0 Å². The predicted molar refractivity (Wildman–Crippen MR) is 98.6 cm³/mol. The molecule has 1 aliphatic carbocycles. The molecule has 140 valence electrons. The lowest BCUT2D eigenvalue weighted by Crippen LogP contribution is -2.35. The lowest BCUT2D eigenvalue weighted by Gasteiger charge is -2.20. The zero-order chi connectivity index (χ0) is 18.4. The summed E-state index contributed by atoms with van der Waals surface area (Å²) >= 11 is 0. The molecule has 7 heteroatoms. The van der Waals surface area contributed by atoms with Crippen molar-refractivity contribution >= 4 is 21.7 Å². The fourth-order valence-electron chi connectivity index (χ4n) is 3.04. The zero-order valence-corrected chi connectivity index (χ0v) is 15.7. The lowest BCUT2D eigenvalue weighted by atomic mass is 10.1. The first kappa shape index (κ1) is 19.7. The fourth-order valence-corrected chi connectivity index (χ4v) is 4.54. The smallest absolute Gasteiger partial charge is 0.335 e. The molecule has 0 spiro atoms. The number of hydrogen-bond donors (Lipinski definition) is 3. The largest absolute Gasteiger partial charge is 0.478 e. The van der Waals surface area contributed by atoms with Crippen LogP contribution in [-0.2, 0) is 10.0 Å². The number of rotatable bonds is 7. The summed E-state index contributed by atoms with van der Waals surface area (Å²) in [7, 11) is -3.79. The zero-order valence-electron chi connectivity index (χ0n) is 14.9. The van der Waals surface area contributed by atoms with Gasteiger partial charge in [-0.1, -0.05) is 32.6 Å². The number of benzene rings is 1. The van der Waals surface area contributed by atoms with Crippen LogP contribution in [0.3, 0.4) is 0 Å². The number of nitrogens with one attached hydrogen (secondary N) is 2. The van der Waals surface area contributed by atoms with Gasteiger partial charge in [-0.3, -0.25) is 0 Å². The van der Waals surface area contributed by atoms with Gasteiger partial charge >= 0.3 is 5.97 Å². The summed E-state index contributed by atoms with van der Waals surface area (Å²) in [5.74, 6) is -1.14. The van der Waals surface area contributed by atoms with E-state index in [-0.39, 0.29) is 22.5 Å². The van der Waals surface area contributed by atoms with E-state index in [1.54, 1.807) is 0 Å². The number of aromatic carboxylic acids is 1. The standard InChI is InChI=1S/C18H28N2O4S/c1-3-13(2)19-16-11-10-14(18(21)22)12-17(16)25(23,24)20-15-8-6-4-5-7-9-15/h10-13,15,19-20H,3-9H2,1-2H3,(H,21,22)/t13-/m0/s1. The molecular weight excluding hydrogens is 340 g/mol. The van der Waals surface area contributed by atoms with E-state index in [1.807, 2.05) is 13.8 Å². The normalized spacial score (nSPS) is 17.7. The second kappa shape index (κ2) is 8.67. The van der Waals surface area contributed by atoms with E-state index >= 15 is 0 Å². The molecule has 3 N–H and O–H groups in total. The van der Waals surface area contributed by atoms with Gasteiger partial charge in [0.2, 0.25) is 10.0 Å². The third-order valence-electron chi connectivity index (χ3n) is 4.71. The molecule has 6 nitrogen and oxygen atoms in total. The Morgan fingerprint density at radius 1 is 1.24 bits per heavy atom. The average Bonchev–Trinajstić information content (AvgIpc) is 2.82. The molecule has 0 heterocycles. The van der Waals surface area contributed by atoms with E-state index in [4.69, 9.17) is 0 Å². The van der Waals surface area contributed by atoms with Gasteiger partial charge in [0.25, 0.3) is 0 Å². The van der Waals surface area contributed by atoms with E-state index in [2.05, 4.69) is 10.0 Å². The van der Waals surface area contributed by atoms with Crippen LogP contribution in [0.2, 0.25) is 0 Å². The van der Waals surface area contributed by atoms with Crippen molar-refractivity contribution in [2.24, 2.45) is 0 Å². The maximum atomic E-state index is 12.9. The van der Waals surface area contributed by atoms with Crippen molar-refractivity contribution < 1.29 is 18.3 Å². The van der Waals surface area contributed by atoms with E-state index in [0.717, 1.165) is 44.9 Å². The Kier molecular flexibility index (Phi) is 6.84. The summed E-state index contributed by atoms with van der Waals surface area (Å²) in [5, 5.41) is 12.4. The van der Waals surface area contributed by atoms with Crippen LogP contribution in [0.1, 0.15) is 69.2 Å². The molecule has 2 rings (SSSR count). The molecule has 0 radical (unpaired) electrons. The lowest BCUT2D eigenvalue weighted by molar-refractivity contribution is 0.0696. The molecule has 1 saturated carbocycles. The van der Waals surface area contributed by atoms with Crippen LogP contribution in [0.5, 0.6) is 0 Å². The van der Waals surface area contributed by atoms with Crippen molar-refractivity contribution in [3.63, 3.8) is 0 Å². The van der Waals surface area contributed by atoms with E-state index in [0.29, 0.717) is 5.69 Å². The van der Waals surface area contributed by atoms with Crippen LogP contribution < -0.4 is 10.0 Å². The minimum atomic E-state index is -3.79. The number of carbonyl (C=O) groups is 1. The van der Waals surface area contributed by atoms with Crippen molar-refractivity contribution in [2.45, 2.75) is 75.8 Å². The van der Waals surface area contributed by atoms with Gasteiger partial charge in [0.1, 0.15) is 4.90 Å². The van der Waals surface area contributed by atoms with Crippen LogP contribution in [0, 0.1) is 0 Å². The first-order valence-electron chi connectivity index (χ1n) is 8.99. The minimum Gasteiger partial charge on any atom is -0.478 e. The summed E-state index contributed by atoms with van der Waals surface area (Å²) in [6.45, 7) is 3.96. The molecule has 1 aromatic carbocycles. The number of anilines is 1. The van der Waals surface area contributed by atoms with Gasteiger partial charge in [-0.05, 0) is 44.4 Å². The predicted octanol–water partition coefficient (Wildman–Crippen LogP) is 3.60. The van der Waals surface area contributed by atoms with Gasteiger partial charge in [0.15, 0.2) is 0 Å². The number of carboxylic acid groups (broad SMARTS) is 1. The molecule has 0 aliphatic heterocycles. The number of hydrogen-bond acceptors (Lipinski definition) is 4. The summed E-state index contributed by atoms with van der Waals surface area (Å²) in [6.07, 6.45) is 6.77.